The Morgan fingerprint density at radius 3 is 2.39 bits per heavy atom. The summed E-state index contributed by atoms with van der Waals surface area (Å²) in [6, 6.07) is 10.9. The molecule has 0 saturated heterocycles. The number of methoxy groups -OCH3 is 3. The molecule has 1 aliphatic rings. The lowest BCUT2D eigenvalue weighted by Crippen LogP contribution is -2.30. The molecule has 1 aromatic heterocycles. The minimum absolute atomic E-state index is 0.273. The van der Waals surface area contributed by atoms with Gasteiger partial charge in [0.25, 0.3) is 0 Å². The molecule has 0 saturated carbocycles. The summed E-state index contributed by atoms with van der Waals surface area (Å²) in [5.41, 5.74) is 3.78. The van der Waals surface area contributed by atoms with Crippen molar-refractivity contribution in [2.45, 2.75) is 32.7 Å². The van der Waals surface area contributed by atoms with E-state index in [1.807, 2.05) is 34.9 Å². The fourth-order valence-corrected chi connectivity index (χ4v) is 4.34. The van der Waals surface area contributed by atoms with Crippen LogP contribution in [0.1, 0.15) is 38.3 Å². The zero-order valence-corrected chi connectivity index (χ0v) is 19.6. The fraction of sp³-hybridized carbons (Fsp3) is 0.360. The number of nitrogens with zero attached hydrogens (tertiary/aromatic N) is 2. The number of ether oxygens (including phenoxy) is 4. The maximum absolute atomic E-state index is 13.4. The third-order valence-corrected chi connectivity index (χ3v) is 5.74. The van der Waals surface area contributed by atoms with Crippen molar-refractivity contribution < 1.29 is 23.7 Å². The molecule has 0 aliphatic carbocycles. The van der Waals surface area contributed by atoms with Crippen LogP contribution >= 0.6 is 0 Å². The standard InChI is InChI=1S/C25H29N3O5/c1-6-10-17-22(24(29)33-7-2)23(15-13-20(31-4)21(32-5)14-19(15)30-3)28-18-12-9-8-11-16(18)26-25(28)27-17/h8-9,11-14,23H,6-7,10H2,1-5H3,(H,26,27)/t23-/m0/s1. The van der Waals surface area contributed by atoms with E-state index in [9.17, 15) is 4.79 Å². The molecule has 3 aromatic rings. The molecule has 4 rings (SSSR count). The summed E-state index contributed by atoms with van der Waals surface area (Å²) in [6.07, 6.45) is 1.52. The number of allylic oxidation sites excluding steroid dienone is 1. The topological polar surface area (TPSA) is 83.8 Å². The smallest absolute Gasteiger partial charge is 0.338 e. The van der Waals surface area contributed by atoms with E-state index < -0.39 is 6.04 Å². The van der Waals surface area contributed by atoms with Gasteiger partial charge >= 0.3 is 5.97 Å². The van der Waals surface area contributed by atoms with Crippen molar-refractivity contribution in [2.24, 2.45) is 0 Å². The highest BCUT2D eigenvalue weighted by Gasteiger charge is 2.38. The largest absolute Gasteiger partial charge is 0.496 e. The van der Waals surface area contributed by atoms with Crippen LogP contribution in [0.5, 0.6) is 17.2 Å². The lowest BCUT2D eigenvalue weighted by Gasteiger charge is -2.32. The average Bonchev–Trinajstić information content (AvgIpc) is 3.20. The van der Waals surface area contributed by atoms with E-state index in [0.717, 1.165) is 28.7 Å². The number of benzene rings is 2. The minimum atomic E-state index is -0.538. The second-order valence-corrected chi connectivity index (χ2v) is 7.63. The van der Waals surface area contributed by atoms with Gasteiger partial charge in [-0.2, -0.15) is 0 Å². The van der Waals surface area contributed by atoms with Gasteiger partial charge in [-0.1, -0.05) is 25.5 Å². The van der Waals surface area contributed by atoms with E-state index in [4.69, 9.17) is 23.9 Å². The van der Waals surface area contributed by atoms with Crippen LogP contribution in [0.3, 0.4) is 0 Å². The number of imidazole rings is 1. The van der Waals surface area contributed by atoms with E-state index >= 15 is 0 Å². The molecule has 0 radical (unpaired) electrons. The second-order valence-electron chi connectivity index (χ2n) is 7.63. The van der Waals surface area contributed by atoms with Crippen molar-refractivity contribution in [1.82, 2.24) is 9.55 Å². The normalized spacial score (nSPS) is 15.1. The highest BCUT2D eigenvalue weighted by atomic mass is 16.5. The highest BCUT2D eigenvalue weighted by Crippen LogP contribution is 2.46. The Hall–Kier alpha value is -3.68. The van der Waals surface area contributed by atoms with Crippen LogP contribution < -0.4 is 19.5 Å². The van der Waals surface area contributed by atoms with Crippen molar-refractivity contribution in [3.63, 3.8) is 0 Å². The zero-order chi connectivity index (χ0) is 23.5. The van der Waals surface area contributed by atoms with E-state index in [0.29, 0.717) is 35.2 Å². The molecule has 33 heavy (non-hydrogen) atoms. The number of para-hydroxylation sites is 2. The lowest BCUT2D eigenvalue weighted by atomic mass is 9.92. The summed E-state index contributed by atoms with van der Waals surface area (Å²) >= 11 is 0. The first-order chi connectivity index (χ1) is 16.1. The third kappa shape index (κ3) is 3.86. The van der Waals surface area contributed by atoms with Gasteiger partial charge in [-0.05, 0) is 31.5 Å². The van der Waals surface area contributed by atoms with Gasteiger partial charge in [-0.25, -0.2) is 9.78 Å². The molecule has 8 heteroatoms. The molecule has 2 heterocycles. The van der Waals surface area contributed by atoms with Crippen molar-refractivity contribution in [2.75, 3.05) is 33.3 Å². The molecule has 2 aromatic carbocycles. The van der Waals surface area contributed by atoms with Crippen molar-refractivity contribution in [3.05, 3.63) is 53.2 Å². The number of aromatic nitrogens is 2. The number of fused-ring (bicyclic) bond motifs is 3. The molecule has 0 spiro atoms. The Bertz CT molecular complexity index is 1210. The van der Waals surface area contributed by atoms with Crippen LogP contribution in [0, 0.1) is 0 Å². The van der Waals surface area contributed by atoms with E-state index in [-0.39, 0.29) is 12.6 Å². The first-order valence-electron chi connectivity index (χ1n) is 11.0. The van der Waals surface area contributed by atoms with Gasteiger partial charge in [-0.3, -0.25) is 4.57 Å². The fourth-order valence-electron chi connectivity index (χ4n) is 4.34. The number of carbonyl (C=O) groups is 1. The summed E-state index contributed by atoms with van der Waals surface area (Å²) in [6.45, 7) is 4.15. The minimum Gasteiger partial charge on any atom is -0.496 e. The quantitative estimate of drug-likeness (QED) is 0.497. The number of hydrogen-bond donors (Lipinski definition) is 1. The van der Waals surface area contributed by atoms with Crippen LogP contribution in [0.25, 0.3) is 11.0 Å². The Balaban J connectivity index is 2.07. The third-order valence-electron chi connectivity index (χ3n) is 5.74. The van der Waals surface area contributed by atoms with Crippen LogP contribution in [0.4, 0.5) is 5.95 Å². The predicted molar refractivity (Wildman–Crippen MR) is 126 cm³/mol. The first-order valence-corrected chi connectivity index (χ1v) is 11.0. The summed E-state index contributed by atoms with van der Waals surface area (Å²) < 4.78 is 24.4. The van der Waals surface area contributed by atoms with Gasteiger partial charge < -0.3 is 24.3 Å². The second kappa shape index (κ2) is 9.44. The monoisotopic (exact) mass is 451 g/mol. The predicted octanol–water partition coefficient (Wildman–Crippen LogP) is 4.69. The SMILES string of the molecule is CCCC1=C(C(=O)OCC)[C@H](c2cc(OC)c(OC)cc2OC)n2c(nc3ccccc32)N1. The van der Waals surface area contributed by atoms with Gasteiger partial charge in [0.2, 0.25) is 5.95 Å². The Labute approximate surface area is 193 Å². The number of hydrogen-bond acceptors (Lipinski definition) is 7. The van der Waals surface area contributed by atoms with Gasteiger partial charge in [0.05, 0.1) is 50.6 Å². The summed E-state index contributed by atoms with van der Waals surface area (Å²) in [5.74, 6) is 1.94. The van der Waals surface area contributed by atoms with Gasteiger partial charge in [0.15, 0.2) is 11.5 Å². The number of carbonyl (C=O) groups excluding carboxylic acids is 1. The Morgan fingerprint density at radius 1 is 1.03 bits per heavy atom. The number of rotatable bonds is 8. The molecular formula is C25H29N3O5. The van der Waals surface area contributed by atoms with Crippen LogP contribution in [0.2, 0.25) is 0 Å². The van der Waals surface area contributed by atoms with Crippen LogP contribution in [-0.4, -0.2) is 43.5 Å². The maximum atomic E-state index is 13.4. The van der Waals surface area contributed by atoms with Crippen LogP contribution in [0.15, 0.2) is 47.7 Å². The number of anilines is 1. The lowest BCUT2D eigenvalue weighted by molar-refractivity contribution is -0.139. The van der Waals surface area contributed by atoms with Crippen molar-refractivity contribution in [3.8, 4) is 17.2 Å². The molecule has 0 fully saturated rings. The molecular weight excluding hydrogens is 422 g/mol. The summed E-state index contributed by atoms with van der Waals surface area (Å²) in [5, 5.41) is 3.40. The molecule has 0 amide bonds. The maximum Gasteiger partial charge on any atom is 0.338 e. The first kappa shape index (κ1) is 22.5. The molecule has 0 bridgehead atoms. The van der Waals surface area contributed by atoms with E-state index in [1.165, 1.54) is 0 Å². The van der Waals surface area contributed by atoms with E-state index in [1.54, 1.807) is 34.3 Å². The summed E-state index contributed by atoms with van der Waals surface area (Å²) in [4.78, 5) is 18.2. The Kier molecular flexibility index (Phi) is 6.44. The van der Waals surface area contributed by atoms with Gasteiger partial charge in [0.1, 0.15) is 5.75 Å². The highest BCUT2D eigenvalue weighted by molar-refractivity contribution is 5.94. The number of nitrogens with one attached hydrogen (secondary N) is 1. The van der Waals surface area contributed by atoms with Crippen molar-refractivity contribution >= 4 is 23.0 Å². The molecule has 8 nitrogen and oxygen atoms in total. The van der Waals surface area contributed by atoms with E-state index in [2.05, 4.69) is 12.2 Å². The summed E-state index contributed by atoms with van der Waals surface area (Å²) in [7, 11) is 4.75. The average molecular weight is 452 g/mol. The Morgan fingerprint density at radius 2 is 1.73 bits per heavy atom. The van der Waals surface area contributed by atoms with Crippen LogP contribution in [-0.2, 0) is 9.53 Å². The zero-order valence-electron chi connectivity index (χ0n) is 19.6. The van der Waals surface area contributed by atoms with Crippen molar-refractivity contribution in [1.29, 1.82) is 0 Å². The molecule has 1 atom stereocenters. The molecule has 174 valence electrons. The van der Waals surface area contributed by atoms with Gasteiger partial charge in [-0.15, -0.1) is 0 Å². The molecule has 0 unspecified atom stereocenters. The number of esters is 1. The molecule has 1 N–H and O–H groups in total. The van der Waals surface area contributed by atoms with Gasteiger partial charge in [0, 0.05) is 17.3 Å². The molecule has 1 aliphatic heterocycles.